The zero-order chi connectivity index (χ0) is 13.7. The first kappa shape index (κ1) is 13.3. The molecule has 0 bridgehead atoms. The molecule has 1 aromatic carbocycles. The number of amides is 1. The highest BCUT2D eigenvalue weighted by atomic mass is 16.6. The largest absolute Gasteiger partial charge is 0.379 e. The summed E-state index contributed by atoms with van der Waals surface area (Å²) >= 11 is 0. The first-order valence-corrected chi connectivity index (χ1v) is 6.43. The lowest BCUT2D eigenvalue weighted by atomic mass is 10.2. The van der Waals surface area contributed by atoms with Gasteiger partial charge in [0.2, 0.25) is 5.91 Å². The van der Waals surface area contributed by atoms with Gasteiger partial charge < -0.3 is 10.6 Å². The van der Waals surface area contributed by atoms with E-state index >= 15 is 0 Å². The molecule has 0 heterocycles. The van der Waals surface area contributed by atoms with E-state index in [0.29, 0.717) is 31.1 Å². The number of carbonyl (C=O) groups is 1. The molecule has 0 radical (unpaired) electrons. The number of nitro benzene ring substituents is 1. The van der Waals surface area contributed by atoms with Crippen LogP contribution in [0.3, 0.4) is 0 Å². The van der Waals surface area contributed by atoms with Crippen LogP contribution in [-0.4, -0.2) is 23.4 Å². The molecule has 2 N–H and O–H groups in total. The van der Waals surface area contributed by atoms with Crippen molar-refractivity contribution in [1.82, 2.24) is 5.32 Å². The van der Waals surface area contributed by atoms with Gasteiger partial charge in [-0.15, -0.1) is 0 Å². The van der Waals surface area contributed by atoms with E-state index in [1.165, 1.54) is 6.07 Å². The SMILES string of the molecule is O=C(CCCNc1ccccc1[N+](=O)[O-])NC1CC1. The number of hydrogen-bond acceptors (Lipinski definition) is 4. The number of rotatable bonds is 7. The monoisotopic (exact) mass is 263 g/mol. The maximum atomic E-state index is 11.4. The third kappa shape index (κ3) is 4.24. The Bertz CT molecular complexity index is 472. The average Bonchev–Trinajstić information content (AvgIpc) is 3.19. The minimum atomic E-state index is -0.415. The second-order valence-electron chi connectivity index (χ2n) is 4.65. The van der Waals surface area contributed by atoms with Crippen molar-refractivity contribution in [3.05, 3.63) is 34.4 Å². The summed E-state index contributed by atoms with van der Waals surface area (Å²) < 4.78 is 0. The van der Waals surface area contributed by atoms with E-state index in [4.69, 9.17) is 0 Å². The summed E-state index contributed by atoms with van der Waals surface area (Å²) in [6.07, 6.45) is 3.27. The van der Waals surface area contributed by atoms with E-state index in [0.717, 1.165) is 12.8 Å². The highest BCUT2D eigenvalue weighted by molar-refractivity contribution is 5.76. The molecule has 19 heavy (non-hydrogen) atoms. The number of nitro groups is 1. The second kappa shape index (κ2) is 6.17. The summed E-state index contributed by atoms with van der Waals surface area (Å²) in [6.45, 7) is 0.545. The minimum Gasteiger partial charge on any atom is -0.379 e. The van der Waals surface area contributed by atoms with E-state index in [1.54, 1.807) is 18.2 Å². The summed E-state index contributed by atoms with van der Waals surface area (Å²) in [5, 5.41) is 16.7. The number of benzene rings is 1. The van der Waals surface area contributed by atoms with E-state index in [9.17, 15) is 14.9 Å². The highest BCUT2D eigenvalue weighted by Gasteiger charge is 2.22. The molecule has 1 saturated carbocycles. The number of carbonyl (C=O) groups excluding carboxylic acids is 1. The fourth-order valence-corrected chi connectivity index (χ4v) is 1.78. The van der Waals surface area contributed by atoms with Crippen LogP contribution in [0.5, 0.6) is 0 Å². The van der Waals surface area contributed by atoms with Crippen molar-refractivity contribution in [2.45, 2.75) is 31.7 Å². The van der Waals surface area contributed by atoms with Crippen molar-refractivity contribution < 1.29 is 9.72 Å². The molecule has 6 heteroatoms. The lowest BCUT2D eigenvalue weighted by molar-refractivity contribution is -0.384. The van der Waals surface area contributed by atoms with E-state index < -0.39 is 4.92 Å². The fourth-order valence-electron chi connectivity index (χ4n) is 1.78. The molecule has 1 aromatic rings. The molecule has 0 unspecified atom stereocenters. The van der Waals surface area contributed by atoms with E-state index in [1.807, 2.05) is 0 Å². The van der Waals surface area contributed by atoms with E-state index in [2.05, 4.69) is 10.6 Å². The first-order valence-electron chi connectivity index (χ1n) is 6.43. The van der Waals surface area contributed by atoms with Crippen molar-refractivity contribution in [2.75, 3.05) is 11.9 Å². The third-order valence-corrected chi connectivity index (χ3v) is 2.94. The van der Waals surface area contributed by atoms with Crippen molar-refractivity contribution in [2.24, 2.45) is 0 Å². The van der Waals surface area contributed by atoms with Crippen LogP contribution >= 0.6 is 0 Å². The Labute approximate surface area is 111 Å². The van der Waals surface area contributed by atoms with Crippen LogP contribution in [0, 0.1) is 10.1 Å². The predicted octanol–water partition coefficient (Wildman–Crippen LogP) is 2.07. The first-order chi connectivity index (χ1) is 9.16. The predicted molar refractivity (Wildman–Crippen MR) is 72.0 cm³/mol. The van der Waals surface area contributed by atoms with Gasteiger partial charge in [-0.2, -0.15) is 0 Å². The smallest absolute Gasteiger partial charge is 0.292 e. The summed E-state index contributed by atoms with van der Waals surface area (Å²) in [4.78, 5) is 21.8. The molecule has 2 rings (SSSR count). The number of hydrogen-bond donors (Lipinski definition) is 2. The Hall–Kier alpha value is -2.11. The molecule has 6 nitrogen and oxygen atoms in total. The summed E-state index contributed by atoms with van der Waals surface area (Å²) in [5.41, 5.74) is 0.556. The molecule has 0 spiro atoms. The summed E-state index contributed by atoms with van der Waals surface area (Å²) in [5.74, 6) is 0.0619. The standard InChI is InChI=1S/C13H17N3O3/c17-13(15-10-7-8-10)6-3-9-14-11-4-1-2-5-12(11)16(18)19/h1-2,4-5,10,14H,3,6-9H2,(H,15,17). The van der Waals surface area contributed by atoms with Crippen LogP contribution in [0.4, 0.5) is 11.4 Å². The van der Waals surface area contributed by atoms with Gasteiger partial charge in [0.1, 0.15) is 5.69 Å². The van der Waals surface area contributed by atoms with Crippen molar-refractivity contribution in [1.29, 1.82) is 0 Å². The quantitative estimate of drug-likeness (QED) is 0.448. The van der Waals surface area contributed by atoms with Crippen LogP contribution in [0.2, 0.25) is 0 Å². The Kier molecular flexibility index (Phi) is 4.33. The van der Waals surface area contributed by atoms with Gasteiger partial charge in [-0.25, -0.2) is 0 Å². The fraction of sp³-hybridized carbons (Fsp3) is 0.462. The molecule has 0 aromatic heterocycles. The zero-order valence-electron chi connectivity index (χ0n) is 10.6. The second-order valence-corrected chi connectivity index (χ2v) is 4.65. The number of nitrogens with zero attached hydrogens (tertiary/aromatic N) is 1. The van der Waals surface area contributed by atoms with Crippen LogP contribution in [0.25, 0.3) is 0 Å². The van der Waals surface area contributed by atoms with Gasteiger partial charge >= 0.3 is 0 Å². The maximum absolute atomic E-state index is 11.4. The van der Waals surface area contributed by atoms with Crippen LogP contribution in [0.15, 0.2) is 24.3 Å². The molecule has 0 saturated heterocycles. The molecule has 1 aliphatic carbocycles. The van der Waals surface area contributed by atoms with Gasteiger partial charge in [0.05, 0.1) is 4.92 Å². The van der Waals surface area contributed by atoms with Gasteiger partial charge in [0, 0.05) is 25.1 Å². The van der Waals surface area contributed by atoms with Gasteiger partial charge in [0.15, 0.2) is 0 Å². The molecule has 0 aliphatic heterocycles. The van der Waals surface area contributed by atoms with Crippen LogP contribution < -0.4 is 10.6 Å². The highest BCUT2D eigenvalue weighted by Crippen LogP contribution is 2.23. The maximum Gasteiger partial charge on any atom is 0.292 e. The van der Waals surface area contributed by atoms with Gasteiger partial charge in [0.25, 0.3) is 5.69 Å². The van der Waals surface area contributed by atoms with E-state index in [-0.39, 0.29) is 11.6 Å². The van der Waals surface area contributed by atoms with Crippen molar-refractivity contribution in [3.8, 4) is 0 Å². The summed E-state index contributed by atoms with van der Waals surface area (Å²) in [6, 6.07) is 6.89. The third-order valence-electron chi connectivity index (χ3n) is 2.94. The average molecular weight is 263 g/mol. The molecule has 1 aliphatic rings. The minimum absolute atomic E-state index is 0.0601. The zero-order valence-corrected chi connectivity index (χ0v) is 10.6. The molecule has 1 fully saturated rings. The van der Waals surface area contributed by atoms with Crippen LogP contribution in [0.1, 0.15) is 25.7 Å². The molecule has 0 atom stereocenters. The number of nitrogens with one attached hydrogen (secondary N) is 2. The Morgan fingerprint density at radius 3 is 2.79 bits per heavy atom. The molecule has 102 valence electrons. The van der Waals surface area contributed by atoms with Crippen molar-refractivity contribution >= 4 is 17.3 Å². The van der Waals surface area contributed by atoms with Gasteiger partial charge in [-0.1, -0.05) is 12.1 Å². The Morgan fingerprint density at radius 2 is 2.11 bits per heavy atom. The lowest BCUT2D eigenvalue weighted by Gasteiger charge is -2.07. The number of para-hydroxylation sites is 2. The van der Waals surface area contributed by atoms with Crippen molar-refractivity contribution in [3.63, 3.8) is 0 Å². The summed E-state index contributed by atoms with van der Waals surface area (Å²) in [7, 11) is 0. The normalized spacial score (nSPS) is 13.9. The topological polar surface area (TPSA) is 84.3 Å². The molecule has 1 amide bonds. The Balaban J connectivity index is 1.72. The molecular formula is C13H17N3O3. The van der Waals surface area contributed by atoms with Crippen LogP contribution in [-0.2, 0) is 4.79 Å². The Morgan fingerprint density at radius 1 is 1.37 bits per heavy atom. The number of anilines is 1. The molecular weight excluding hydrogens is 246 g/mol. The van der Waals surface area contributed by atoms with Gasteiger partial charge in [-0.05, 0) is 25.3 Å². The van der Waals surface area contributed by atoms with Gasteiger partial charge in [-0.3, -0.25) is 14.9 Å². The lowest BCUT2D eigenvalue weighted by Crippen LogP contribution is -2.25.